The van der Waals surface area contributed by atoms with Crippen LogP contribution in [0.5, 0.6) is 5.75 Å². The van der Waals surface area contributed by atoms with Crippen molar-refractivity contribution >= 4 is 43.8 Å². The van der Waals surface area contributed by atoms with Gasteiger partial charge in [0.15, 0.2) is 0 Å². The molecule has 306 valence electrons. The molecule has 0 atom stereocenters. The Morgan fingerprint density at radius 1 is 0.750 bits per heavy atom. The summed E-state index contributed by atoms with van der Waals surface area (Å²) >= 11 is 0. The fourth-order valence-corrected chi connectivity index (χ4v) is 8.11. The highest BCUT2D eigenvalue weighted by Gasteiger charge is 2.23. The Labute approximate surface area is 347 Å². The van der Waals surface area contributed by atoms with E-state index < -0.39 is 22.0 Å². The monoisotopic (exact) mass is 824 g/mol. The van der Waals surface area contributed by atoms with Crippen molar-refractivity contribution in [2.75, 3.05) is 20.7 Å². The number of carboxylic acids is 2. The minimum atomic E-state index is -3.58. The first-order valence-corrected chi connectivity index (χ1v) is 20.6. The predicted molar refractivity (Wildman–Crippen MR) is 231 cm³/mol. The number of carbonyl (C=O) groups is 2. The van der Waals surface area contributed by atoms with Gasteiger partial charge in [0.25, 0.3) is 0 Å². The zero-order valence-corrected chi connectivity index (χ0v) is 34.3. The summed E-state index contributed by atoms with van der Waals surface area (Å²) in [5.41, 5.74) is 7.78. The van der Waals surface area contributed by atoms with Gasteiger partial charge in [0.1, 0.15) is 29.8 Å². The molecule has 0 aliphatic heterocycles. The van der Waals surface area contributed by atoms with Crippen LogP contribution in [-0.2, 0) is 23.0 Å². The van der Waals surface area contributed by atoms with Crippen LogP contribution < -0.4 is 4.74 Å². The number of hydrogen-bond donors (Lipinski definition) is 4. The van der Waals surface area contributed by atoms with Crippen molar-refractivity contribution in [1.29, 1.82) is 0 Å². The van der Waals surface area contributed by atoms with E-state index in [1.165, 1.54) is 32.6 Å². The average Bonchev–Trinajstić information content (AvgIpc) is 4.00. The van der Waals surface area contributed by atoms with E-state index in [2.05, 4.69) is 33.9 Å². The molecule has 0 radical (unpaired) electrons. The Bertz CT molecular complexity index is 2880. The third kappa shape index (κ3) is 8.56. The van der Waals surface area contributed by atoms with E-state index in [1.54, 1.807) is 23.1 Å². The van der Waals surface area contributed by atoms with Crippen molar-refractivity contribution < 1.29 is 33.0 Å². The number of ether oxygens (including phenoxy) is 1. The number of sulfonamides is 1. The average molecular weight is 825 g/mol. The molecule has 3 heterocycles. The number of fused-ring (bicyclic) bond motifs is 2. The second-order valence-electron chi connectivity index (χ2n) is 14.6. The molecule has 0 spiro atoms. The largest absolute Gasteiger partial charge is 0.493 e. The Morgan fingerprint density at radius 2 is 1.33 bits per heavy atom. The van der Waals surface area contributed by atoms with Gasteiger partial charge in [-0.25, -0.2) is 32.0 Å². The lowest BCUT2D eigenvalue weighted by Gasteiger charge is -2.12. The van der Waals surface area contributed by atoms with Crippen LogP contribution in [0.3, 0.4) is 0 Å². The van der Waals surface area contributed by atoms with E-state index in [0.29, 0.717) is 36.6 Å². The number of para-hydroxylation sites is 3. The fourth-order valence-electron chi connectivity index (χ4n) is 7.21. The van der Waals surface area contributed by atoms with Gasteiger partial charge in [0.2, 0.25) is 10.0 Å². The third-order valence-corrected chi connectivity index (χ3v) is 12.0. The molecule has 8 aromatic rings. The second-order valence-corrected chi connectivity index (χ2v) is 16.8. The Hall–Kier alpha value is -7.03. The van der Waals surface area contributed by atoms with Crippen LogP contribution in [0.4, 0.5) is 0 Å². The number of hydrogen-bond acceptors (Lipinski definition) is 7. The van der Waals surface area contributed by atoms with E-state index in [0.717, 1.165) is 59.7 Å². The molecule has 60 heavy (non-hydrogen) atoms. The summed E-state index contributed by atoms with van der Waals surface area (Å²) in [6.45, 7) is 5.28. The molecule has 0 fully saturated rings. The third-order valence-electron chi connectivity index (χ3n) is 10.2. The summed E-state index contributed by atoms with van der Waals surface area (Å²) in [6, 6.07) is 35.4. The number of aromatic amines is 2. The van der Waals surface area contributed by atoms with E-state index in [9.17, 15) is 28.2 Å². The lowest BCUT2D eigenvalue weighted by Crippen LogP contribution is -2.22. The van der Waals surface area contributed by atoms with Crippen molar-refractivity contribution in [3.8, 4) is 28.0 Å². The van der Waals surface area contributed by atoms with Gasteiger partial charge in [-0.3, -0.25) is 0 Å². The number of aromatic nitrogens is 5. The molecule has 3 aromatic heterocycles. The van der Waals surface area contributed by atoms with Gasteiger partial charge in [0, 0.05) is 42.4 Å². The zero-order valence-electron chi connectivity index (χ0n) is 33.5. The van der Waals surface area contributed by atoms with Crippen LogP contribution >= 0.6 is 0 Å². The minimum absolute atomic E-state index is 0.0599. The molecular weight excluding hydrogens is 781 g/mol. The van der Waals surface area contributed by atoms with Crippen LogP contribution in [0.2, 0.25) is 0 Å². The van der Waals surface area contributed by atoms with E-state index in [1.807, 2.05) is 91.0 Å². The number of nitrogens with one attached hydrogen (secondary N) is 2. The maximum Gasteiger partial charge on any atom is 0.352 e. The molecule has 5 aromatic carbocycles. The molecule has 0 bridgehead atoms. The van der Waals surface area contributed by atoms with Gasteiger partial charge in [-0.05, 0) is 58.0 Å². The molecule has 0 unspecified atom stereocenters. The number of H-pyrrole nitrogens is 2. The summed E-state index contributed by atoms with van der Waals surface area (Å²) in [4.78, 5) is 34.2. The van der Waals surface area contributed by atoms with E-state index in [4.69, 9.17) is 4.74 Å². The molecule has 8 rings (SSSR count). The summed E-state index contributed by atoms with van der Waals surface area (Å²) in [6.07, 6.45) is 3.76. The lowest BCUT2D eigenvalue weighted by atomic mass is 9.96. The normalized spacial score (nSPS) is 11.6. The Kier molecular flexibility index (Phi) is 12.0. The van der Waals surface area contributed by atoms with E-state index in [-0.39, 0.29) is 16.3 Å². The molecule has 0 saturated carbocycles. The molecule has 13 nitrogen and oxygen atoms in total. The first-order valence-electron chi connectivity index (χ1n) is 19.2. The summed E-state index contributed by atoms with van der Waals surface area (Å²) < 4.78 is 33.4. The molecule has 4 N–H and O–H groups in total. The Morgan fingerprint density at radius 3 is 1.90 bits per heavy atom. The minimum Gasteiger partial charge on any atom is -0.493 e. The second kappa shape index (κ2) is 17.4. The Balaban J connectivity index is 0.000000185. The van der Waals surface area contributed by atoms with Gasteiger partial charge in [0.05, 0.1) is 29.1 Å². The smallest absolute Gasteiger partial charge is 0.352 e. The number of nitrogens with zero attached hydrogens (tertiary/aromatic N) is 4. The van der Waals surface area contributed by atoms with Gasteiger partial charge in [-0.15, -0.1) is 0 Å². The van der Waals surface area contributed by atoms with Crippen LogP contribution in [0.25, 0.3) is 44.1 Å². The highest BCUT2D eigenvalue weighted by molar-refractivity contribution is 7.89. The molecule has 14 heteroatoms. The van der Waals surface area contributed by atoms with Crippen molar-refractivity contribution in [2.45, 2.75) is 37.6 Å². The first-order chi connectivity index (χ1) is 28.8. The summed E-state index contributed by atoms with van der Waals surface area (Å²) in [7, 11) is -0.643. The topological polar surface area (TPSA) is 183 Å². The van der Waals surface area contributed by atoms with Crippen LogP contribution in [0, 0.1) is 0 Å². The van der Waals surface area contributed by atoms with Crippen LogP contribution in [-0.4, -0.2) is 80.3 Å². The highest BCUT2D eigenvalue weighted by Crippen LogP contribution is 2.37. The van der Waals surface area contributed by atoms with Gasteiger partial charge in [-0.1, -0.05) is 105 Å². The SMILES string of the molecule is CC(C)c1cccc2c(-c3ccc(Cn4cncn4)cc3)c(C(=O)O)[nH]c12.CN(C)S(=O)(=O)c1ccc(-c2c(C(=O)O)[nH]c3c(CCOc4ccccc4)cccc23)cc1. The van der Waals surface area contributed by atoms with Gasteiger partial charge >= 0.3 is 11.9 Å². The molecule has 0 aliphatic rings. The van der Waals surface area contributed by atoms with Gasteiger partial charge in [-0.2, -0.15) is 5.10 Å². The first kappa shape index (κ1) is 41.1. The lowest BCUT2D eigenvalue weighted by molar-refractivity contribution is 0.0681. The highest BCUT2D eigenvalue weighted by atomic mass is 32.2. The summed E-state index contributed by atoms with van der Waals surface area (Å²) in [5.74, 6) is -0.969. The molecule has 0 aliphatic carbocycles. The molecule has 0 amide bonds. The van der Waals surface area contributed by atoms with Crippen LogP contribution in [0.15, 0.2) is 133 Å². The fraction of sp³-hybridized carbons (Fsp3) is 0.174. The molecule has 0 saturated heterocycles. The number of rotatable bonds is 13. The van der Waals surface area contributed by atoms with Crippen molar-refractivity contribution in [3.05, 3.63) is 156 Å². The predicted octanol–water partition coefficient (Wildman–Crippen LogP) is 8.70. The number of carboxylic acid groups (broad SMARTS) is 2. The maximum absolute atomic E-state index is 12.4. The standard InChI is InChI=1S/C25H24N2O5S.C21H20N4O2/c1-27(2)33(30,31)20-13-11-17(12-14-20)22-21-10-6-7-18(23(21)26-24(22)25(28)29)15-16-32-19-8-4-3-5-9-19;1-13(2)16-4-3-5-17-18(20(21(26)27)24-19(16)17)15-8-6-14(7-9-15)10-25-12-22-11-23-25/h3-14,26H,15-16H2,1-2H3,(H,28,29);3-9,11-13,24H,10H2,1-2H3,(H,26,27). The quantitative estimate of drug-likeness (QED) is 0.0884. The van der Waals surface area contributed by atoms with Crippen molar-refractivity contribution in [2.24, 2.45) is 0 Å². The van der Waals surface area contributed by atoms with Crippen molar-refractivity contribution in [3.63, 3.8) is 0 Å². The number of benzene rings is 5. The maximum atomic E-state index is 12.4. The summed E-state index contributed by atoms with van der Waals surface area (Å²) in [5, 5.41) is 25.4. The van der Waals surface area contributed by atoms with Crippen LogP contribution in [0.1, 0.15) is 57.4 Å². The van der Waals surface area contributed by atoms with E-state index >= 15 is 0 Å². The molecular formula is C46H44N6O7S. The van der Waals surface area contributed by atoms with Crippen molar-refractivity contribution in [1.82, 2.24) is 29.0 Å². The number of aromatic carboxylic acids is 2. The zero-order chi connectivity index (χ0) is 42.6. The van der Waals surface area contributed by atoms with Gasteiger partial charge < -0.3 is 24.9 Å².